The fourth-order valence-corrected chi connectivity index (χ4v) is 2.43. The SMILES string of the molecule is CCC(CC(O)CCc1ccccc1)S(=O)[O-]. The minimum atomic E-state index is -2.08. The van der Waals surface area contributed by atoms with Gasteiger partial charge in [-0.2, -0.15) is 0 Å². The Morgan fingerprint density at radius 2 is 2.00 bits per heavy atom. The zero-order chi connectivity index (χ0) is 12.7. The molecule has 0 aliphatic rings. The number of rotatable bonds is 7. The lowest BCUT2D eigenvalue weighted by molar-refractivity contribution is 0.152. The molecule has 1 rings (SSSR count). The average Bonchev–Trinajstić information content (AvgIpc) is 2.34. The Labute approximate surface area is 105 Å². The van der Waals surface area contributed by atoms with Gasteiger partial charge in [-0.1, -0.05) is 48.3 Å². The predicted molar refractivity (Wildman–Crippen MR) is 68.4 cm³/mol. The minimum absolute atomic E-state index is 0.333. The van der Waals surface area contributed by atoms with Crippen LogP contribution in [0, 0.1) is 0 Å². The lowest BCUT2D eigenvalue weighted by atomic mass is 10.0. The largest absolute Gasteiger partial charge is 0.772 e. The first-order chi connectivity index (χ1) is 8.13. The molecule has 0 radical (unpaired) electrons. The first-order valence-electron chi connectivity index (χ1n) is 5.93. The highest BCUT2D eigenvalue weighted by Gasteiger charge is 2.13. The number of aryl methyl sites for hydroxylation is 1. The van der Waals surface area contributed by atoms with Crippen LogP contribution >= 0.6 is 0 Å². The van der Waals surface area contributed by atoms with Gasteiger partial charge in [0, 0.05) is 5.25 Å². The van der Waals surface area contributed by atoms with Gasteiger partial charge in [0.15, 0.2) is 0 Å². The summed E-state index contributed by atoms with van der Waals surface area (Å²) in [4.78, 5) is 0. The third-order valence-electron chi connectivity index (χ3n) is 2.87. The molecule has 1 N–H and O–H groups in total. The van der Waals surface area contributed by atoms with Crippen molar-refractivity contribution >= 4 is 11.1 Å². The molecule has 0 aliphatic heterocycles. The van der Waals surface area contributed by atoms with Crippen molar-refractivity contribution in [2.75, 3.05) is 0 Å². The van der Waals surface area contributed by atoms with Gasteiger partial charge in [0.2, 0.25) is 0 Å². The molecular formula is C13H19O3S-. The molecule has 3 atom stereocenters. The Hall–Kier alpha value is -0.710. The maximum atomic E-state index is 10.8. The molecule has 0 saturated heterocycles. The monoisotopic (exact) mass is 255 g/mol. The maximum absolute atomic E-state index is 10.8. The third-order valence-corrected chi connectivity index (χ3v) is 3.94. The van der Waals surface area contributed by atoms with Gasteiger partial charge in [0.05, 0.1) is 6.10 Å². The molecule has 4 heteroatoms. The zero-order valence-corrected chi connectivity index (χ0v) is 10.9. The van der Waals surface area contributed by atoms with E-state index in [1.54, 1.807) is 0 Å². The minimum Gasteiger partial charge on any atom is -0.772 e. The van der Waals surface area contributed by atoms with Crippen LogP contribution in [0.2, 0.25) is 0 Å². The van der Waals surface area contributed by atoms with E-state index < -0.39 is 22.4 Å². The molecule has 0 aliphatic carbocycles. The lowest BCUT2D eigenvalue weighted by Crippen LogP contribution is -2.22. The Morgan fingerprint density at radius 3 is 2.53 bits per heavy atom. The van der Waals surface area contributed by atoms with Crippen molar-refractivity contribution in [2.45, 2.75) is 44.0 Å². The summed E-state index contributed by atoms with van der Waals surface area (Å²) in [5.74, 6) is 0. The van der Waals surface area contributed by atoms with Crippen LogP contribution in [0.25, 0.3) is 0 Å². The Morgan fingerprint density at radius 1 is 1.35 bits per heavy atom. The van der Waals surface area contributed by atoms with Gasteiger partial charge in [-0.25, -0.2) is 0 Å². The molecule has 0 saturated carbocycles. The molecule has 0 spiro atoms. The summed E-state index contributed by atoms with van der Waals surface area (Å²) in [6, 6.07) is 9.89. The normalized spacial score (nSPS) is 16.4. The second-order valence-electron chi connectivity index (χ2n) is 4.20. The van der Waals surface area contributed by atoms with E-state index in [1.807, 2.05) is 37.3 Å². The summed E-state index contributed by atoms with van der Waals surface area (Å²) in [6.07, 6.45) is 1.73. The standard InChI is InChI=1S/C13H20O3S/c1-2-13(17(15)16)10-12(14)9-8-11-6-4-3-5-7-11/h3-7,12-14H,2,8-10H2,1H3,(H,15,16)/p-1. The summed E-state index contributed by atoms with van der Waals surface area (Å²) in [6.45, 7) is 1.82. The highest BCUT2D eigenvalue weighted by molar-refractivity contribution is 7.79. The van der Waals surface area contributed by atoms with E-state index in [0.717, 1.165) is 6.42 Å². The quantitative estimate of drug-likeness (QED) is 0.758. The smallest absolute Gasteiger partial charge is 0.0554 e. The second kappa shape index (κ2) is 7.58. The number of benzene rings is 1. The van der Waals surface area contributed by atoms with E-state index in [9.17, 15) is 13.9 Å². The molecule has 0 fully saturated rings. The summed E-state index contributed by atoms with van der Waals surface area (Å²) in [7, 11) is 0. The van der Waals surface area contributed by atoms with Gasteiger partial charge in [-0.05, 0) is 31.2 Å². The van der Waals surface area contributed by atoms with Gasteiger partial charge in [-0.15, -0.1) is 0 Å². The van der Waals surface area contributed by atoms with Crippen LogP contribution < -0.4 is 0 Å². The van der Waals surface area contributed by atoms with Crippen molar-refractivity contribution in [3.05, 3.63) is 35.9 Å². The molecule has 0 aromatic heterocycles. The Bertz CT molecular complexity index is 340. The van der Waals surface area contributed by atoms with Crippen molar-refractivity contribution < 1.29 is 13.9 Å². The summed E-state index contributed by atoms with van der Waals surface area (Å²) < 4.78 is 21.7. The van der Waals surface area contributed by atoms with E-state index in [4.69, 9.17) is 0 Å². The fourth-order valence-electron chi connectivity index (χ4n) is 1.78. The van der Waals surface area contributed by atoms with Gasteiger partial charge < -0.3 is 9.66 Å². The fraction of sp³-hybridized carbons (Fsp3) is 0.538. The van der Waals surface area contributed by atoms with Crippen LogP contribution in [0.15, 0.2) is 30.3 Å². The predicted octanol–water partition coefficient (Wildman–Crippen LogP) is 2.03. The molecule has 1 aromatic rings. The van der Waals surface area contributed by atoms with E-state index in [2.05, 4.69) is 0 Å². The molecular weight excluding hydrogens is 236 g/mol. The summed E-state index contributed by atoms with van der Waals surface area (Å²) >= 11 is -2.08. The lowest BCUT2D eigenvalue weighted by Gasteiger charge is -2.21. The molecule has 3 unspecified atom stereocenters. The van der Waals surface area contributed by atoms with Crippen LogP contribution in [0.5, 0.6) is 0 Å². The molecule has 0 bridgehead atoms. The first kappa shape index (κ1) is 14.4. The van der Waals surface area contributed by atoms with Crippen LogP contribution in [0.3, 0.4) is 0 Å². The summed E-state index contributed by atoms with van der Waals surface area (Å²) in [5, 5.41) is 9.36. The van der Waals surface area contributed by atoms with Crippen molar-refractivity contribution in [3.8, 4) is 0 Å². The number of aliphatic hydroxyl groups excluding tert-OH is 1. The highest BCUT2D eigenvalue weighted by atomic mass is 32.2. The van der Waals surface area contributed by atoms with Crippen molar-refractivity contribution in [1.82, 2.24) is 0 Å². The van der Waals surface area contributed by atoms with Crippen molar-refractivity contribution in [2.24, 2.45) is 0 Å². The summed E-state index contributed by atoms with van der Waals surface area (Å²) in [5.41, 5.74) is 1.17. The molecule has 96 valence electrons. The van der Waals surface area contributed by atoms with E-state index in [1.165, 1.54) is 5.56 Å². The van der Waals surface area contributed by atoms with Crippen LogP contribution in [-0.2, 0) is 17.5 Å². The molecule has 3 nitrogen and oxygen atoms in total. The Balaban J connectivity index is 2.34. The molecule has 0 amide bonds. The van der Waals surface area contributed by atoms with Gasteiger partial charge in [-0.3, -0.25) is 4.21 Å². The van der Waals surface area contributed by atoms with Crippen LogP contribution in [-0.4, -0.2) is 25.2 Å². The Kier molecular flexibility index (Phi) is 6.40. The van der Waals surface area contributed by atoms with E-state index in [-0.39, 0.29) is 0 Å². The number of hydrogen-bond donors (Lipinski definition) is 1. The average molecular weight is 255 g/mol. The van der Waals surface area contributed by atoms with Crippen molar-refractivity contribution in [3.63, 3.8) is 0 Å². The van der Waals surface area contributed by atoms with Crippen molar-refractivity contribution in [1.29, 1.82) is 0 Å². The number of hydrogen-bond acceptors (Lipinski definition) is 3. The highest BCUT2D eigenvalue weighted by Crippen LogP contribution is 2.13. The first-order valence-corrected chi connectivity index (χ1v) is 7.07. The van der Waals surface area contributed by atoms with Crippen LogP contribution in [0.4, 0.5) is 0 Å². The third kappa shape index (κ3) is 5.44. The molecule has 1 aromatic carbocycles. The van der Waals surface area contributed by atoms with E-state index in [0.29, 0.717) is 19.3 Å². The molecule has 0 heterocycles. The van der Waals surface area contributed by atoms with Gasteiger partial charge >= 0.3 is 0 Å². The van der Waals surface area contributed by atoms with Gasteiger partial charge in [0.25, 0.3) is 0 Å². The maximum Gasteiger partial charge on any atom is 0.0554 e. The molecule has 17 heavy (non-hydrogen) atoms. The topological polar surface area (TPSA) is 60.4 Å². The second-order valence-corrected chi connectivity index (χ2v) is 5.39. The zero-order valence-electron chi connectivity index (χ0n) is 10.0. The van der Waals surface area contributed by atoms with Crippen LogP contribution in [0.1, 0.15) is 31.7 Å². The number of aliphatic hydroxyl groups is 1. The van der Waals surface area contributed by atoms with Gasteiger partial charge in [0.1, 0.15) is 0 Å². The van der Waals surface area contributed by atoms with E-state index >= 15 is 0 Å².